The van der Waals surface area contributed by atoms with Crippen LogP contribution >= 0.6 is 48.6 Å². The number of nitrogens with zero attached hydrogens (tertiary/aromatic N) is 3. The van der Waals surface area contributed by atoms with Gasteiger partial charge in [-0.1, -0.05) is 0 Å². The molecule has 1 N–H and O–H groups in total. The van der Waals surface area contributed by atoms with E-state index in [9.17, 15) is 4.79 Å². The summed E-state index contributed by atoms with van der Waals surface area (Å²) in [5.41, 5.74) is 1.17. The van der Waals surface area contributed by atoms with Crippen LogP contribution in [0.4, 0.5) is 0 Å². The molecule has 1 aromatic heterocycles. The summed E-state index contributed by atoms with van der Waals surface area (Å²) < 4.78 is 0. The summed E-state index contributed by atoms with van der Waals surface area (Å²) in [5.74, 6) is 0.984. The van der Waals surface area contributed by atoms with Gasteiger partial charge in [-0.3, -0.25) is 9.69 Å². The van der Waals surface area contributed by atoms with Crippen LogP contribution in [0.1, 0.15) is 42.8 Å². The fourth-order valence-corrected chi connectivity index (χ4v) is 5.19. The summed E-state index contributed by atoms with van der Waals surface area (Å²) in [6, 6.07) is 1.36. The van der Waals surface area contributed by atoms with E-state index < -0.39 is 0 Å². The van der Waals surface area contributed by atoms with Gasteiger partial charge in [-0.25, -0.2) is 4.98 Å². The monoisotopic (exact) mass is 456 g/mol. The van der Waals surface area contributed by atoms with Crippen molar-refractivity contribution in [3.8, 4) is 0 Å². The van der Waals surface area contributed by atoms with E-state index >= 15 is 0 Å². The summed E-state index contributed by atoms with van der Waals surface area (Å²) in [6.07, 6.45) is 5.78. The van der Waals surface area contributed by atoms with Gasteiger partial charge in [-0.05, 0) is 38.5 Å². The number of halogens is 3. The molecule has 9 heteroatoms. The Hall–Kier alpha value is -0.110. The molecule has 4 rings (SSSR count). The Morgan fingerprint density at radius 1 is 1.15 bits per heavy atom. The van der Waals surface area contributed by atoms with E-state index in [1.807, 2.05) is 0 Å². The van der Waals surface area contributed by atoms with Gasteiger partial charge in [0.1, 0.15) is 0 Å². The van der Waals surface area contributed by atoms with Crippen molar-refractivity contribution in [1.82, 2.24) is 20.1 Å². The number of aromatic nitrogens is 1. The quantitative estimate of drug-likeness (QED) is 0.754. The highest BCUT2D eigenvalue weighted by Gasteiger charge is 2.35. The Kier molecular flexibility index (Phi) is 10.3. The van der Waals surface area contributed by atoms with Crippen LogP contribution in [0, 0.1) is 12.8 Å². The molecule has 3 aliphatic rings. The van der Waals surface area contributed by atoms with E-state index in [1.54, 1.807) is 11.3 Å². The van der Waals surface area contributed by atoms with E-state index in [0.717, 1.165) is 44.2 Å². The Morgan fingerprint density at radius 3 is 2.33 bits per heavy atom. The number of rotatable bonds is 4. The molecule has 0 radical (unpaired) electrons. The fraction of sp³-hybridized carbons (Fsp3) is 0.778. The van der Waals surface area contributed by atoms with Crippen LogP contribution in [0.25, 0.3) is 0 Å². The van der Waals surface area contributed by atoms with Crippen LogP contribution in [-0.2, 0) is 11.3 Å². The third-order valence-corrected chi connectivity index (χ3v) is 6.63. The number of piperazine rings is 1. The molecular formula is C18H31Cl3N4OS. The number of carbonyl (C=O) groups is 1. The van der Waals surface area contributed by atoms with Crippen LogP contribution < -0.4 is 5.32 Å². The van der Waals surface area contributed by atoms with Crippen LogP contribution in [0.3, 0.4) is 0 Å². The van der Waals surface area contributed by atoms with Gasteiger partial charge in [0, 0.05) is 56.6 Å². The third-order valence-electron chi connectivity index (χ3n) is 5.81. The molecule has 5 nitrogen and oxygen atoms in total. The summed E-state index contributed by atoms with van der Waals surface area (Å²) in [6.45, 7) is 6.67. The number of amides is 1. The molecule has 2 atom stereocenters. The van der Waals surface area contributed by atoms with Crippen molar-refractivity contribution in [2.24, 2.45) is 5.92 Å². The Labute approximate surface area is 184 Å². The lowest BCUT2D eigenvalue weighted by molar-refractivity contribution is -0.134. The zero-order valence-corrected chi connectivity index (χ0v) is 19.0. The molecule has 3 saturated heterocycles. The zero-order valence-electron chi connectivity index (χ0n) is 15.8. The first kappa shape index (κ1) is 24.9. The highest BCUT2D eigenvalue weighted by Crippen LogP contribution is 2.33. The van der Waals surface area contributed by atoms with Crippen molar-refractivity contribution in [2.45, 2.75) is 57.7 Å². The van der Waals surface area contributed by atoms with Gasteiger partial charge in [-0.2, -0.15) is 0 Å². The van der Waals surface area contributed by atoms with Crippen LogP contribution in [0.2, 0.25) is 0 Å². The predicted octanol–water partition coefficient (Wildman–Crippen LogP) is 3.28. The highest BCUT2D eigenvalue weighted by atomic mass is 35.5. The lowest BCUT2D eigenvalue weighted by Gasteiger charge is -2.36. The van der Waals surface area contributed by atoms with Crippen molar-refractivity contribution in [3.05, 3.63) is 16.1 Å². The smallest absolute Gasteiger partial charge is 0.222 e. The van der Waals surface area contributed by atoms with Crippen molar-refractivity contribution in [3.63, 3.8) is 0 Å². The number of thiazole rings is 1. The molecule has 1 aromatic rings. The van der Waals surface area contributed by atoms with E-state index in [-0.39, 0.29) is 37.2 Å². The topological polar surface area (TPSA) is 48.5 Å². The maximum atomic E-state index is 12.6. The summed E-state index contributed by atoms with van der Waals surface area (Å²) in [5, 5.41) is 6.95. The lowest BCUT2D eigenvalue weighted by Crippen LogP contribution is -2.49. The largest absolute Gasteiger partial charge is 0.340 e. The second kappa shape index (κ2) is 11.2. The molecule has 3 aliphatic heterocycles. The zero-order chi connectivity index (χ0) is 16.5. The van der Waals surface area contributed by atoms with Crippen molar-refractivity contribution in [2.75, 3.05) is 26.2 Å². The van der Waals surface area contributed by atoms with Crippen LogP contribution in [-0.4, -0.2) is 59.0 Å². The SMILES string of the molecule is Cc1nc(CN2CCN(C(=O)CC3CC4CCC(C3)N4)CC2)cs1.Cl.Cl.Cl. The molecule has 156 valence electrons. The number of piperidine rings is 1. The van der Waals surface area contributed by atoms with Gasteiger partial charge in [0.2, 0.25) is 5.91 Å². The average molecular weight is 458 g/mol. The lowest BCUT2D eigenvalue weighted by atomic mass is 9.89. The summed E-state index contributed by atoms with van der Waals surface area (Å²) in [7, 11) is 0. The van der Waals surface area contributed by atoms with E-state index in [4.69, 9.17) is 0 Å². The molecule has 2 unspecified atom stereocenters. The maximum absolute atomic E-state index is 12.6. The summed E-state index contributed by atoms with van der Waals surface area (Å²) >= 11 is 1.72. The molecule has 4 heterocycles. The number of fused-ring (bicyclic) bond motifs is 2. The minimum atomic E-state index is 0. The molecule has 27 heavy (non-hydrogen) atoms. The standard InChI is InChI=1S/C18H28N4OS.3ClH/c1-13-19-17(12-24-13)11-21-4-6-22(7-5-21)18(23)10-14-8-15-2-3-16(9-14)20-15;;;/h12,14-16,20H,2-11H2,1H3;3*1H. The van der Waals surface area contributed by atoms with Crippen molar-refractivity contribution < 1.29 is 4.79 Å². The molecular weight excluding hydrogens is 427 g/mol. The predicted molar refractivity (Wildman–Crippen MR) is 118 cm³/mol. The van der Waals surface area contributed by atoms with E-state index in [1.165, 1.54) is 31.4 Å². The number of nitrogens with one attached hydrogen (secondary N) is 1. The normalized spacial score (nSPS) is 27.3. The van der Waals surface area contributed by atoms with E-state index in [0.29, 0.717) is 23.9 Å². The van der Waals surface area contributed by atoms with E-state index in [2.05, 4.69) is 32.4 Å². The molecule has 0 aromatic carbocycles. The Bertz CT molecular complexity index is 583. The first-order valence-corrected chi connectivity index (χ1v) is 10.2. The summed E-state index contributed by atoms with van der Waals surface area (Å²) in [4.78, 5) is 21.7. The molecule has 2 bridgehead atoms. The molecule has 0 spiro atoms. The molecule has 0 aliphatic carbocycles. The number of carbonyl (C=O) groups excluding carboxylic acids is 1. The Morgan fingerprint density at radius 2 is 1.78 bits per heavy atom. The second-order valence-corrected chi connectivity index (χ2v) is 8.76. The second-order valence-electron chi connectivity index (χ2n) is 7.69. The van der Waals surface area contributed by atoms with Gasteiger partial charge < -0.3 is 10.2 Å². The Balaban J connectivity index is 0.00000121. The number of aryl methyl sites for hydroxylation is 1. The van der Waals surface area contributed by atoms with Gasteiger partial charge >= 0.3 is 0 Å². The van der Waals surface area contributed by atoms with Crippen molar-refractivity contribution >= 4 is 54.5 Å². The molecule has 0 saturated carbocycles. The first-order valence-electron chi connectivity index (χ1n) is 9.33. The number of hydrogen-bond acceptors (Lipinski definition) is 5. The van der Waals surface area contributed by atoms with Crippen molar-refractivity contribution in [1.29, 1.82) is 0 Å². The first-order chi connectivity index (χ1) is 11.7. The van der Waals surface area contributed by atoms with Gasteiger partial charge in [-0.15, -0.1) is 48.6 Å². The fourth-order valence-electron chi connectivity index (χ4n) is 4.58. The maximum Gasteiger partial charge on any atom is 0.222 e. The number of hydrogen-bond donors (Lipinski definition) is 1. The highest BCUT2D eigenvalue weighted by molar-refractivity contribution is 7.09. The molecule has 1 amide bonds. The average Bonchev–Trinajstić information content (AvgIpc) is 3.13. The minimum Gasteiger partial charge on any atom is -0.340 e. The minimum absolute atomic E-state index is 0. The van der Waals surface area contributed by atoms with Gasteiger partial charge in [0.05, 0.1) is 10.7 Å². The van der Waals surface area contributed by atoms with Crippen LogP contribution in [0.15, 0.2) is 5.38 Å². The van der Waals surface area contributed by atoms with Gasteiger partial charge in [0.25, 0.3) is 0 Å². The molecule has 3 fully saturated rings. The van der Waals surface area contributed by atoms with Gasteiger partial charge in [0.15, 0.2) is 0 Å². The van der Waals surface area contributed by atoms with Crippen LogP contribution in [0.5, 0.6) is 0 Å². The third kappa shape index (κ3) is 6.44.